The molecule has 0 heterocycles. The second kappa shape index (κ2) is 4.97. The van der Waals surface area contributed by atoms with E-state index in [1.54, 1.807) is 0 Å². The first kappa shape index (κ1) is 11.6. The third kappa shape index (κ3) is 3.06. The molecule has 1 unspecified atom stereocenters. The highest BCUT2D eigenvalue weighted by molar-refractivity contribution is 9.10. The molecule has 2 rings (SSSR count). The predicted octanol–water partition coefficient (Wildman–Crippen LogP) is 1.98. The van der Waals surface area contributed by atoms with Crippen LogP contribution in [0.25, 0.3) is 0 Å². The van der Waals surface area contributed by atoms with Gasteiger partial charge in [0, 0.05) is 4.47 Å². The molecule has 1 aliphatic carbocycles. The fourth-order valence-electron chi connectivity index (χ4n) is 1.68. The molecule has 86 valence electrons. The van der Waals surface area contributed by atoms with Crippen LogP contribution in [0.1, 0.15) is 24.4 Å². The van der Waals surface area contributed by atoms with E-state index in [1.807, 2.05) is 24.3 Å². The first-order chi connectivity index (χ1) is 7.66. The van der Waals surface area contributed by atoms with Gasteiger partial charge in [0.25, 0.3) is 0 Å². The topological polar surface area (TPSA) is 55.1 Å². The maximum Gasteiger partial charge on any atom is 0.239 e. The van der Waals surface area contributed by atoms with Crippen molar-refractivity contribution in [3.63, 3.8) is 0 Å². The monoisotopic (exact) mass is 282 g/mol. The number of hydrogen-bond donors (Lipinski definition) is 2. The van der Waals surface area contributed by atoms with Crippen molar-refractivity contribution in [2.45, 2.75) is 18.9 Å². The fraction of sp³-hybridized carbons (Fsp3) is 0.417. The zero-order valence-corrected chi connectivity index (χ0v) is 10.5. The van der Waals surface area contributed by atoms with E-state index in [0.717, 1.165) is 22.5 Å². The van der Waals surface area contributed by atoms with Crippen molar-refractivity contribution in [3.05, 3.63) is 34.3 Å². The Balaban J connectivity index is 2.07. The molecule has 4 heteroatoms. The molecule has 0 saturated heterocycles. The zero-order chi connectivity index (χ0) is 11.5. The number of carbonyl (C=O) groups excluding carboxylic acids is 1. The van der Waals surface area contributed by atoms with Gasteiger partial charge in [-0.1, -0.05) is 28.1 Å². The van der Waals surface area contributed by atoms with E-state index in [9.17, 15) is 4.79 Å². The van der Waals surface area contributed by atoms with Gasteiger partial charge >= 0.3 is 0 Å². The zero-order valence-electron chi connectivity index (χ0n) is 8.95. The smallest absolute Gasteiger partial charge is 0.239 e. The van der Waals surface area contributed by atoms with Gasteiger partial charge in [-0.2, -0.15) is 0 Å². The summed E-state index contributed by atoms with van der Waals surface area (Å²) in [6.45, 7) is 0.875. The van der Waals surface area contributed by atoms with E-state index in [-0.39, 0.29) is 11.9 Å². The van der Waals surface area contributed by atoms with Crippen LogP contribution in [0.4, 0.5) is 0 Å². The van der Waals surface area contributed by atoms with Gasteiger partial charge in [-0.3, -0.25) is 4.79 Å². The fourth-order valence-corrected chi connectivity index (χ4v) is 2.09. The molecule has 0 spiro atoms. The molecule has 1 aliphatic rings. The van der Waals surface area contributed by atoms with E-state index in [1.165, 1.54) is 12.8 Å². The Morgan fingerprint density at radius 1 is 1.56 bits per heavy atom. The van der Waals surface area contributed by atoms with Crippen LogP contribution in [0.15, 0.2) is 28.7 Å². The maximum absolute atomic E-state index is 11.4. The van der Waals surface area contributed by atoms with Crippen molar-refractivity contribution in [2.24, 2.45) is 11.7 Å². The van der Waals surface area contributed by atoms with Crippen LogP contribution in [0, 0.1) is 5.92 Å². The molecular formula is C12H15BrN2O. The Labute approximate surface area is 104 Å². The van der Waals surface area contributed by atoms with Crippen molar-refractivity contribution < 1.29 is 4.79 Å². The van der Waals surface area contributed by atoms with Gasteiger partial charge in [-0.25, -0.2) is 0 Å². The Hall–Kier alpha value is -0.870. The van der Waals surface area contributed by atoms with Gasteiger partial charge in [-0.15, -0.1) is 0 Å². The number of amides is 1. The van der Waals surface area contributed by atoms with Gasteiger partial charge in [0.1, 0.15) is 6.04 Å². The van der Waals surface area contributed by atoms with Gasteiger partial charge in [-0.05, 0) is 43.0 Å². The third-order valence-electron chi connectivity index (χ3n) is 2.77. The number of rotatable bonds is 5. The minimum Gasteiger partial charge on any atom is -0.368 e. The average Bonchev–Trinajstić information content (AvgIpc) is 3.01. The molecule has 1 atom stereocenters. The first-order valence-electron chi connectivity index (χ1n) is 5.45. The molecule has 0 bridgehead atoms. The lowest BCUT2D eigenvalue weighted by Crippen LogP contribution is -2.34. The highest BCUT2D eigenvalue weighted by Gasteiger charge is 2.24. The quantitative estimate of drug-likeness (QED) is 0.868. The second-order valence-corrected chi connectivity index (χ2v) is 5.16. The van der Waals surface area contributed by atoms with E-state index < -0.39 is 0 Å². The Morgan fingerprint density at radius 3 is 2.88 bits per heavy atom. The molecule has 3 nitrogen and oxygen atoms in total. The standard InChI is InChI=1S/C12H15BrN2O/c13-10-3-1-2-9(6-10)11(12(14)16)15-7-8-4-5-8/h1-3,6,8,11,15H,4-5,7H2,(H2,14,16). The molecule has 1 aromatic rings. The lowest BCUT2D eigenvalue weighted by molar-refractivity contribution is -0.120. The summed E-state index contributed by atoms with van der Waals surface area (Å²) < 4.78 is 0.962. The van der Waals surface area contributed by atoms with Crippen LogP contribution in [0.5, 0.6) is 0 Å². The summed E-state index contributed by atoms with van der Waals surface area (Å²) in [4.78, 5) is 11.4. The van der Waals surface area contributed by atoms with E-state index >= 15 is 0 Å². The van der Waals surface area contributed by atoms with Crippen LogP contribution in [-0.4, -0.2) is 12.5 Å². The number of hydrogen-bond acceptors (Lipinski definition) is 2. The summed E-state index contributed by atoms with van der Waals surface area (Å²) in [5, 5.41) is 3.23. The molecule has 3 N–H and O–H groups in total. The van der Waals surface area contributed by atoms with Crippen molar-refractivity contribution in [2.75, 3.05) is 6.54 Å². The van der Waals surface area contributed by atoms with Gasteiger partial charge in [0.15, 0.2) is 0 Å². The van der Waals surface area contributed by atoms with E-state index in [0.29, 0.717) is 0 Å². The van der Waals surface area contributed by atoms with Crippen molar-refractivity contribution in [1.29, 1.82) is 0 Å². The van der Waals surface area contributed by atoms with Crippen LogP contribution in [0.2, 0.25) is 0 Å². The predicted molar refractivity (Wildman–Crippen MR) is 66.8 cm³/mol. The highest BCUT2D eigenvalue weighted by Crippen LogP contribution is 2.28. The van der Waals surface area contributed by atoms with Gasteiger partial charge in [0.05, 0.1) is 0 Å². The molecule has 0 radical (unpaired) electrons. The van der Waals surface area contributed by atoms with E-state index in [2.05, 4.69) is 21.2 Å². The number of halogens is 1. The number of nitrogens with two attached hydrogens (primary N) is 1. The number of nitrogens with one attached hydrogen (secondary N) is 1. The van der Waals surface area contributed by atoms with Crippen LogP contribution >= 0.6 is 15.9 Å². The molecule has 1 saturated carbocycles. The normalized spacial score (nSPS) is 17.1. The molecule has 1 amide bonds. The summed E-state index contributed by atoms with van der Waals surface area (Å²) in [5.41, 5.74) is 6.33. The van der Waals surface area contributed by atoms with E-state index in [4.69, 9.17) is 5.73 Å². The second-order valence-electron chi connectivity index (χ2n) is 4.24. The molecule has 0 aromatic heterocycles. The minimum atomic E-state index is -0.377. The molecule has 1 fully saturated rings. The third-order valence-corrected chi connectivity index (χ3v) is 3.27. The molecule has 1 aromatic carbocycles. The summed E-state index contributed by atoms with van der Waals surface area (Å²) in [5.74, 6) is 0.410. The Kier molecular flexibility index (Phi) is 3.61. The maximum atomic E-state index is 11.4. The Bertz CT molecular complexity index is 390. The van der Waals surface area contributed by atoms with Crippen molar-refractivity contribution in [3.8, 4) is 0 Å². The van der Waals surface area contributed by atoms with Crippen LogP contribution < -0.4 is 11.1 Å². The summed E-state index contributed by atoms with van der Waals surface area (Å²) in [6, 6.07) is 7.31. The van der Waals surface area contributed by atoms with Crippen LogP contribution in [0.3, 0.4) is 0 Å². The number of primary amides is 1. The largest absolute Gasteiger partial charge is 0.368 e. The van der Waals surface area contributed by atoms with Gasteiger partial charge in [0.2, 0.25) is 5.91 Å². The van der Waals surface area contributed by atoms with Gasteiger partial charge < -0.3 is 11.1 Å². The number of carbonyl (C=O) groups is 1. The SMILES string of the molecule is NC(=O)C(NCC1CC1)c1cccc(Br)c1. The minimum absolute atomic E-state index is 0.321. The number of benzene rings is 1. The summed E-state index contributed by atoms with van der Waals surface area (Å²) in [6.07, 6.45) is 2.52. The van der Waals surface area contributed by atoms with Crippen LogP contribution in [-0.2, 0) is 4.79 Å². The molecule has 0 aliphatic heterocycles. The summed E-state index contributed by atoms with van der Waals surface area (Å²) >= 11 is 3.39. The van der Waals surface area contributed by atoms with Crippen molar-refractivity contribution >= 4 is 21.8 Å². The highest BCUT2D eigenvalue weighted by atomic mass is 79.9. The lowest BCUT2D eigenvalue weighted by atomic mass is 10.1. The summed E-state index contributed by atoms with van der Waals surface area (Å²) in [7, 11) is 0. The lowest BCUT2D eigenvalue weighted by Gasteiger charge is -2.15. The first-order valence-corrected chi connectivity index (χ1v) is 6.24. The Morgan fingerprint density at radius 2 is 2.31 bits per heavy atom. The van der Waals surface area contributed by atoms with Crippen molar-refractivity contribution in [1.82, 2.24) is 5.32 Å². The molecular weight excluding hydrogens is 268 g/mol. The molecule has 16 heavy (non-hydrogen) atoms. The average molecular weight is 283 g/mol.